The molecule has 1 aromatic carbocycles. The molecule has 0 saturated heterocycles. The van der Waals surface area contributed by atoms with Gasteiger partial charge in [0.25, 0.3) is 5.91 Å². The summed E-state index contributed by atoms with van der Waals surface area (Å²) >= 11 is 11.8. The number of carbonyl (C=O) groups is 1. The maximum Gasteiger partial charge on any atom is 0.252 e. The summed E-state index contributed by atoms with van der Waals surface area (Å²) in [6.45, 7) is 0. The highest BCUT2D eigenvalue weighted by atomic mass is 35.5. The van der Waals surface area contributed by atoms with Crippen molar-refractivity contribution in [2.24, 2.45) is 0 Å². The minimum absolute atomic E-state index is 0.140. The fourth-order valence-corrected chi connectivity index (χ4v) is 3.27. The molecule has 2 aromatic heterocycles. The summed E-state index contributed by atoms with van der Waals surface area (Å²) in [5.74, 6) is -0.140. The molecule has 0 spiro atoms. The van der Waals surface area contributed by atoms with Gasteiger partial charge in [0.1, 0.15) is 0 Å². The van der Waals surface area contributed by atoms with Crippen LogP contribution >= 0.6 is 23.2 Å². The lowest BCUT2D eigenvalue weighted by Gasteiger charge is -2.17. The van der Waals surface area contributed by atoms with Crippen LogP contribution in [0.1, 0.15) is 28.9 Å². The number of carbonyl (C=O) groups excluding carboxylic acids is 1. The van der Waals surface area contributed by atoms with E-state index < -0.39 is 5.54 Å². The lowest BCUT2D eigenvalue weighted by molar-refractivity contribution is 0.0930. The quantitative estimate of drug-likeness (QED) is 0.679. The molecule has 3 aromatic rings. The summed E-state index contributed by atoms with van der Waals surface area (Å²) < 4.78 is 0. The summed E-state index contributed by atoms with van der Waals surface area (Å²) in [7, 11) is 0. The van der Waals surface area contributed by atoms with Gasteiger partial charge in [-0.05, 0) is 55.3 Å². The number of benzene rings is 1. The number of nitrogens with two attached hydrogens (primary N) is 1. The van der Waals surface area contributed by atoms with E-state index in [1.165, 1.54) is 0 Å². The highest BCUT2D eigenvalue weighted by molar-refractivity contribution is 6.31. The Morgan fingerprint density at radius 3 is 2.33 bits per heavy atom. The number of nitrogens with one attached hydrogen (secondary N) is 1. The second kappa shape index (κ2) is 6.83. The number of aromatic nitrogens is 2. The maximum absolute atomic E-state index is 12.5. The Balaban J connectivity index is 1.54. The SMILES string of the molecule is Nc1cc(Cl)cnc1-c1ccc(C2(NC(=O)c3ccc(Cl)cc3)CC2)nc1. The predicted molar refractivity (Wildman–Crippen MR) is 107 cm³/mol. The third-order valence-corrected chi connectivity index (χ3v) is 5.08. The van der Waals surface area contributed by atoms with Crippen LogP contribution in [0.2, 0.25) is 10.0 Å². The van der Waals surface area contributed by atoms with E-state index in [4.69, 9.17) is 28.9 Å². The average Bonchev–Trinajstić information content (AvgIpc) is 3.43. The van der Waals surface area contributed by atoms with E-state index >= 15 is 0 Å². The van der Waals surface area contributed by atoms with Gasteiger partial charge in [0.15, 0.2) is 0 Å². The smallest absolute Gasteiger partial charge is 0.252 e. The molecule has 3 N–H and O–H groups in total. The highest BCUT2D eigenvalue weighted by Crippen LogP contribution is 2.45. The first-order valence-corrected chi connectivity index (χ1v) is 9.18. The zero-order valence-electron chi connectivity index (χ0n) is 14.2. The first kappa shape index (κ1) is 17.8. The zero-order chi connectivity index (χ0) is 19.0. The molecular formula is C20H16Cl2N4O. The minimum atomic E-state index is -0.422. The summed E-state index contributed by atoms with van der Waals surface area (Å²) in [5.41, 5.74) is 8.88. The van der Waals surface area contributed by atoms with Crippen LogP contribution in [0.25, 0.3) is 11.3 Å². The fraction of sp³-hybridized carbons (Fsp3) is 0.150. The Bertz CT molecular complexity index is 999. The van der Waals surface area contributed by atoms with Gasteiger partial charge in [0, 0.05) is 28.5 Å². The van der Waals surface area contributed by atoms with Crippen LogP contribution in [-0.2, 0) is 5.54 Å². The predicted octanol–water partition coefficient (Wildman–Crippen LogP) is 4.45. The summed E-state index contributed by atoms with van der Waals surface area (Å²) in [5, 5.41) is 4.18. The largest absolute Gasteiger partial charge is 0.397 e. The third kappa shape index (κ3) is 3.61. The zero-order valence-corrected chi connectivity index (χ0v) is 15.8. The van der Waals surface area contributed by atoms with Crippen molar-refractivity contribution in [3.63, 3.8) is 0 Å². The Morgan fingerprint density at radius 2 is 1.74 bits per heavy atom. The van der Waals surface area contributed by atoms with Crippen LogP contribution in [0.3, 0.4) is 0 Å². The number of amides is 1. The van der Waals surface area contributed by atoms with Gasteiger partial charge in [-0.15, -0.1) is 0 Å². The van der Waals surface area contributed by atoms with Crippen molar-refractivity contribution in [3.8, 4) is 11.3 Å². The molecule has 0 aliphatic heterocycles. The number of pyridine rings is 2. The Hall–Kier alpha value is -2.63. The minimum Gasteiger partial charge on any atom is -0.397 e. The lowest BCUT2D eigenvalue weighted by Crippen LogP contribution is -2.35. The van der Waals surface area contributed by atoms with Crippen LogP contribution < -0.4 is 11.1 Å². The standard InChI is InChI=1S/C20H16Cl2N4O/c21-14-4-1-12(2-5-14)19(27)26-20(7-8-20)17-6-3-13(10-24-17)18-16(23)9-15(22)11-25-18/h1-6,9-11H,7-8,23H2,(H,26,27). The van der Waals surface area contributed by atoms with E-state index in [-0.39, 0.29) is 5.91 Å². The highest BCUT2D eigenvalue weighted by Gasteiger charge is 2.47. The summed E-state index contributed by atoms with van der Waals surface area (Å²) in [4.78, 5) is 21.4. The van der Waals surface area contributed by atoms with Gasteiger partial charge in [0.05, 0.1) is 27.6 Å². The van der Waals surface area contributed by atoms with E-state index in [1.54, 1.807) is 42.7 Å². The van der Waals surface area contributed by atoms with Gasteiger partial charge in [0.2, 0.25) is 0 Å². The molecule has 7 heteroatoms. The first-order valence-electron chi connectivity index (χ1n) is 8.43. The number of halogens is 2. The van der Waals surface area contributed by atoms with Crippen molar-refractivity contribution in [3.05, 3.63) is 76.2 Å². The molecule has 1 amide bonds. The fourth-order valence-electron chi connectivity index (χ4n) is 2.97. The molecule has 0 atom stereocenters. The van der Waals surface area contributed by atoms with Gasteiger partial charge >= 0.3 is 0 Å². The number of hydrogen-bond acceptors (Lipinski definition) is 4. The molecule has 4 rings (SSSR count). The van der Waals surface area contributed by atoms with Gasteiger partial charge in [-0.3, -0.25) is 14.8 Å². The van der Waals surface area contributed by atoms with Crippen LogP contribution in [0.5, 0.6) is 0 Å². The van der Waals surface area contributed by atoms with Crippen molar-refractivity contribution in [2.75, 3.05) is 5.73 Å². The molecule has 0 unspecified atom stereocenters. The molecule has 0 bridgehead atoms. The van der Waals surface area contributed by atoms with Crippen LogP contribution in [-0.4, -0.2) is 15.9 Å². The Morgan fingerprint density at radius 1 is 1.00 bits per heavy atom. The number of rotatable bonds is 4. The van der Waals surface area contributed by atoms with Crippen LogP contribution in [0.15, 0.2) is 54.9 Å². The van der Waals surface area contributed by atoms with Crippen molar-refractivity contribution < 1.29 is 4.79 Å². The van der Waals surface area contributed by atoms with E-state index in [9.17, 15) is 4.79 Å². The van der Waals surface area contributed by atoms with Crippen LogP contribution in [0, 0.1) is 0 Å². The summed E-state index contributed by atoms with van der Waals surface area (Å²) in [6.07, 6.45) is 4.96. The second-order valence-corrected chi connectivity index (χ2v) is 7.44. The normalized spacial score (nSPS) is 14.6. The summed E-state index contributed by atoms with van der Waals surface area (Å²) in [6, 6.07) is 12.3. The van der Waals surface area contributed by atoms with E-state index in [2.05, 4.69) is 15.3 Å². The van der Waals surface area contributed by atoms with E-state index in [0.29, 0.717) is 27.0 Å². The van der Waals surface area contributed by atoms with Crippen molar-refractivity contribution >= 4 is 34.8 Å². The Kier molecular flexibility index (Phi) is 4.50. The van der Waals surface area contributed by atoms with Gasteiger partial charge in [-0.2, -0.15) is 0 Å². The van der Waals surface area contributed by atoms with Gasteiger partial charge in [-0.25, -0.2) is 0 Å². The van der Waals surface area contributed by atoms with E-state index in [1.807, 2.05) is 12.1 Å². The van der Waals surface area contributed by atoms with Crippen LogP contribution in [0.4, 0.5) is 5.69 Å². The van der Waals surface area contributed by atoms with Crippen molar-refractivity contribution in [1.29, 1.82) is 0 Å². The molecule has 5 nitrogen and oxygen atoms in total. The molecule has 0 radical (unpaired) electrons. The lowest BCUT2D eigenvalue weighted by atomic mass is 10.1. The molecule has 27 heavy (non-hydrogen) atoms. The van der Waals surface area contributed by atoms with E-state index in [0.717, 1.165) is 24.1 Å². The number of nitrogens with zero attached hydrogens (tertiary/aromatic N) is 2. The number of hydrogen-bond donors (Lipinski definition) is 2. The Labute approximate surface area is 166 Å². The second-order valence-electron chi connectivity index (χ2n) is 6.57. The van der Waals surface area contributed by atoms with Gasteiger partial charge < -0.3 is 11.1 Å². The maximum atomic E-state index is 12.5. The average molecular weight is 399 g/mol. The van der Waals surface area contributed by atoms with Crippen molar-refractivity contribution in [1.82, 2.24) is 15.3 Å². The molecular weight excluding hydrogens is 383 g/mol. The molecule has 1 aliphatic carbocycles. The monoisotopic (exact) mass is 398 g/mol. The van der Waals surface area contributed by atoms with Crippen molar-refractivity contribution in [2.45, 2.75) is 18.4 Å². The molecule has 2 heterocycles. The topological polar surface area (TPSA) is 80.9 Å². The third-order valence-electron chi connectivity index (χ3n) is 4.62. The van der Waals surface area contributed by atoms with Gasteiger partial charge in [-0.1, -0.05) is 23.2 Å². The first-order chi connectivity index (χ1) is 13.0. The molecule has 1 saturated carbocycles. The number of anilines is 1. The molecule has 1 fully saturated rings. The molecule has 136 valence electrons. The number of nitrogen functional groups attached to an aromatic ring is 1. The molecule has 1 aliphatic rings.